The lowest BCUT2D eigenvalue weighted by atomic mass is 9.96. The molecule has 1 aromatic heterocycles. The first-order valence-corrected chi connectivity index (χ1v) is 5.68. The molecule has 92 valence electrons. The molecular weight excluding hydrogens is 223 g/mol. The van der Waals surface area contributed by atoms with Crippen molar-refractivity contribution in [3.8, 4) is 0 Å². The van der Waals surface area contributed by atoms with Crippen molar-refractivity contribution >= 4 is 5.91 Å². The number of carbonyl (C=O) groups excluding carboxylic acids is 1. The fourth-order valence-corrected chi connectivity index (χ4v) is 2.01. The van der Waals surface area contributed by atoms with Gasteiger partial charge in [0.15, 0.2) is 0 Å². The minimum absolute atomic E-state index is 0.0428. The highest BCUT2D eigenvalue weighted by atomic mass is 19.1. The molecule has 0 saturated carbocycles. The zero-order valence-corrected chi connectivity index (χ0v) is 9.64. The molecule has 1 saturated heterocycles. The standard InChI is InChI=1S/C12H15FN2O2/c1-8-7-15(6-5-10(8)16)12(17)9-3-2-4-11(13)14-9/h2-4,8,10,16H,5-7H2,1H3. The number of rotatable bonds is 1. The van der Waals surface area contributed by atoms with Crippen LogP contribution in [0.25, 0.3) is 0 Å². The first-order valence-electron chi connectivity index (χ1n) is 5.68. The summed E-state index contributed by atoms with van der Waals surface area (Å²) in [5.74, 6) is -0.884. The van der Waals surface area contributed by atoms with Gasteiger partial charge >= 0.3 is 0 Å². The van der Waals surface area contributed by atoms with Crippen LogP contribution in [0.5, 0.6) is 0 Å². The zero-order valence-electron chi connectivity index (χ0n) is 9.64. The third-order valence-electron chi connectivity index (χ3n) is 3.08. The summed E-state index contributed by atoms with van der Waals surface area (Å²) < 4.78 is 12.9. The fraction of sp³-hybridized carbons (Fsp3) is 0.500. The van der Waals surface area contributed by atoms with Gasteiger partial charge in [0.1, 0.15) is 5.69 Å². The number of hydrogen-bond acceptors (Lipinski definition) is 3. The van der Waals surface area contributed by atoms with Crippen LogP contribution in [0.2, 0.25) is 0 Å². The van der Waals surface area contributed by atoms with E-state index in [2.05, 4.69) is 4.98 Å². The number of pyridine rings is 1. The van der Waals surface area contributed by atoms with Crippen LogP contribution in [0.15, 0.2) is 18.2 Å². The van der Waals surface area contributed by atoms with Crippen molar-refractivity contribution in [3.63, 3.8) is 0 Å². The summed E-state index contributed by atoms with van der Waals surface area (Å²) in [5, 5.41) is 9.58. The first-order chi connectivity index (χ1) is 8.08. The number of nitrogens with zero attached hydrogens (tertiary/aromatic N) is 2. The van der Waals surface area contributed by atoms with E-state index in [1.165, 1.54) is 18.2 Å². The quantitative estimate of drug-likeness (QED) is 0.744. The average Bonchev–Trinajstić information content (AvgIpc) is 2.32. The van der Waals surface area contributed by atoms with E-state index < -0.39 is 5.95 Å². The lowest BCUT2D eigenvalue weighted by molar-refractivity contribution is 0.0293. The van der Waals surface area contributed by atoms with E-state index >= 15 is 0 Å². The number of aliphatic hydroxyl groups excluding tert-OH is 1. The van der Waals surface area contributed by atoms with Gasteiger partial charge in [0.05, 0.1) is 6.10 Å². The maximum absolute atomic E-state index is 12.9. The molecule has 2 unspecified atom stereocenters. The minimum atomic E-state index is -0.652. The largest absolute Gasteiger partial charge is 0.393 e. The summed E-state index contributed by atoms with van der Waals surface area (Å²) in [7, 11) is 0. The van der Waals surface area contributed by atoms with Gasteiger partial charge in [-0.05, 0) is 24.5 Å². The smallest absolute Gasteiger partial charge is 0.272 e. The summed E-state index contributed by atoms with van der Waals surface area (Å²) >= 11 is 0. The van der Waals surface area contributed by atoms with Crippen molar-refractivity contribution in [3.05, 3.63) is 29.8 Å². The second kappa shape index (κ2) is 4.79. The van der Waals surface area contributed by atoms with E-state index in [4.69, 9.17) is 0 Å². The van der Waals surface area contributed by atoms with E-state index in [-0.39, 0.29) is 23.6 Å². The Bertz CT molecular complexity index is 425. The molecule has 1 aliphatic heterocycles. The Kier molecular flexibility index (Phi) is 3.38. The zero-order chi connectivity index (χ0) is 12.4. The Morgan fingerprint density at radius 3 is 3.00 bits per heavy atom. The highest BCUT2D eigenvalue weighted by molar-refractivity contribution is 5.92. The number of carbonyl (C=O) groups is 1. The fourth-order valence-electron chi connectivity index (χ4n) is 2.01. The van der Waals surface area contributed by atoms with Crippen molar-refractivity contribution in [1.82, 2.24) is 9.88 Å². The molecule has 1 amide bonds. The van der Waals surface area contributed by atoms with E-state index in [0.29, 0.717) is 19.5 Å². The molecule has 5 heteroatoms. The minimum Gasteiger partial charge on any atom is -0.393 e. The Balaban J connectivity index is 2.10. The molecule has 2 heterocycles. The van der Waals surface area contributed by atoms with Gasteiger partial charge in [-0.3, -0.25) is 4.79 Å². The lowest BCUT2D eigenvalue weighted by Gasteiger charge is -2.34. The highest BCUT2D eigenvalue weighted by Crippen LogP contribution is 2.18. The Labute approximate surface area is 99.1 Å². The van der Waals surface area contributed by atoms with Gasteiger partial charge in [0.2, 0.25) is 5.95 Å². The predicted molar refractivity (Wildman–Crippen MR) is 59.9 cm³/mol. The number of aliphatic hydroxyl groups is 1. The van der Waals surface area contributed by atoms with Crippen LogP contribution in [0.1, 0.15) is 23.8 Å². The average molecular weight is 238 g/mol. The number of hydrogen-bond donors (Lipinski definition) is 1. The summed E-state index contributed by atoms with van der Waals surface area (Å²) in [6.45, 7) is 2.86. The summed E-state index contributed by atoms with van der Waals surface area (Å²) in [5.41, 5.74) is 0.119. The first kappa shape index (κ1) is 12.0. The molecule has 1 N–H and O–H groups in total. The van der Waals surface area contributed by atoms with E-state index in [1.807, 2.05) is 6.92 Å². The van der Waals surface area contributed by atoms with Gasteiger partial charge < -0.3 is 10.0 Å². The summed E-state index contributed by atoms with van der Waals surface area (Å²) in [6, 6.07) is 4.18. The van der Waals surface area contributed by atoms with Gasteiger partial charge in [0, 0.05) is 13.1 Å². The number of likely N-dealkylation sites (tertiary alicyclic amines) is 1. The van der Waals surface area contributed by atoms with Gasteiger partial charge in [-0.25, -0.2) is 4.98 Å². The number of aromatic nitrogens is 1. The molecule has 0 radical (unpaired) electrons. The molecule has 1 aromatic rings. The molecule has 17 heavy (non-hydrogen) atoms. The second-order valence-electron chi connectivity index (χ2n) is 4.43. The number of amides is 1. The highest BCUT2D eigenvalue weighted by Gasteiger charge is 2.28. The maximum atomic E-state index is 12.9. The van der Waals surface area contributed by atoms with Crippen LogP contribution in [-0.4, -0.2) is 40.1 Å². The Morgan fingerprint density at radius 1 is 1.59 bits per heavy atom. The molecule has 0 spiro atoms. The molecule has 2 rings (SSSR count). The Hall–Kier alpha value is -1.49. The molecule has 4 nitrogen and oxygen atoms in total. The van der Waals surface area contributed by atoms with Crippen LogP contribution in [-0.2, 0) is 0 Å². The van der Waals surface area contributed by atoms with Crippen molar-refractivity contribution < 1.29 is 14.3 Å². The number of halogens is 1. The van der Waals surface area contributed by atoms with Crippen molar-refractivity contribution in [1.29, 1.82) is 0 Å². The van der Waals surface area contributed by atoms with Crippen molar-refractivity contribution in [2.75, 3.05) is 13.1 Å². The van der Waals surface area contributed by atoms with Crippen LogP contribution in [0.3, 0.4) is 0 Å². The van der Waals surface area contributed by atoms with Crippen molar-refractivity contribution in [2.45, 2.75) is 19.4 Å². The molecule has 1 fully saturated rings. The molecule has 1 aliphatic rings. The third-order valence-corrected chi connectivity index (χ3v) is 3.08. The van der Waals surface area contributed by atoms with Gasteiger partial charge in [-0.15, -0.1) is 0 Å². The molecular formula is C12H15FN2O2. The predicted octanol–water partition coefficient (Wildman–Crippen LogP) is 1.06. The molecule has 0 bridgehead atoms. The van der Waals surface area contributed by atoms with Crippen LogP contribution in [0, 0.1) is 11.9 Å². The molecule has 0 aliphatic carbocycles. The van der Waals surface area contributed by atoms with Crippen LogP contribution < -0.4 is 0 Å². The SMILES string of the molecule is CC1CN(C(=O)c2cccc(F)n2)CCC1O. The Morgan fingerprint density at radius 2 is 2.35 bits per heavy atom. The van der Waals surface area contributed by atoms with Gasteiger partial charge in [-0.2, -0.15) is 4.39 Å². The molecule has 0 aromatic carbocycles. The van der Waals surface area contributed by atoms with Crippen LogP contribution in [0.4, 0.5) is 4.39 Å². The summed E-state index contributed by atoms with van der Waals surface area (Å²) in [6.07, 6.45) is 0.196. The van der Waals surface area contributed by atoms with E-state index in [1.54, 1.807) is 4.90 Å². The monoisotopic (exact) mass is 238 g/mol. The van der Waals surface area contributed by atoms with Crippen molar-refractivity contribution in [2.24, 2.45) is 5.92 Å². The lowest BCUT2D eigenvalue weighted by Crippen LogP contribution is -2.45. The van der Waals surface area contributed by atoms with Gasteiger partial charge in [-0.1, -0.05) is 13.0 Å². The van der Waals surface area contributed by atoms with Crippen LogP contribution >= 0.6 is 0 Å². The number of piperidine rings is 1. The summed E-state index contributed by atoms with van der Waals surface area (Å²) in [4.78, 5) is 17.2. The second-order valence-corrected chi connectivity index (χ2v) is 4.43. The third kappa shape index (κ3) is 2.61. The van der Waals surface area contributed by atoms with Gasteiger partial charge in [0.25, 0.3) is 5.91 Å². The topological polar surface area (TPSA) is 53.4 Å². The molecule has 2 atom stereocenters. The van der Waals surface area contributed by atoms with E-state index in [9.17, 15) is 14.3 Å². The van der Waals surface area contributed by atoms with E-state index in [0.717, 1.165) is 0 Å². The normalized spacial score (nSPS) is 24.8. The maximum Gasteiger partial charge on any atom is 0.272 e.